The molecule has 0 aliphatic carbocycles. The number of allylic oxidation sites excluding steroid dienone is 1. The first-order valence-electron chi connectivity index (χ1n) is 6.98. The number of ketones is 1. The monoisotopic (exact) mass is 307 g/mol. The van der Waals surface area contributed by atoms with E-state index in [1.807, 2.05) is 49.4 Å². The minimum Gasteiger partial charge on any atom is -0.289 e. The number of aryl methyl sites for hydroxylation is 1. The van der Waals surface area contributed by atoms with Crippen LogP contribution in [-0.4, -0.2) is 10.8 Å². The zero-order chi connectivity index (χ0) is 15.5. The molecule has 0 fully saturated rings. The molecule has 0 atom stereocenters. The maximum Gasteiger partial charge on any atom is 0.185 e. The van der Waals surface area contributed by atoms with Gasteiger partial charge in [0, 0.05) is 16.5 Å². The van der Waals surface area contributed by atoms with Crippen LogP contribution in [0.1, 0.15) is 21.5 Å². The molecule has 2 nitrogen and oxygen atoms in total. The van der Waals surface area contributed by atoms with Crippen LogP contribution in [0.25, 0.3) is 17.0 Å². The summed E-state index contributed by atoms with van der Waals surface area (Å²) >= 11 is 6.21. The number of fused-ring (bicyclic) bond motifs is 1. The fourth-order valence-corrected chi connectivity index (χ4v) is 2.46. The van der Waals surface area contributed by atoms with Crippen LogP contribution >= 0.6 is 11.6 Å². The van der Waals surface area contributed by atoms with Gasteiger partial charge in [-0.1, -0.05) is 54.1 Å². The van der Waals surface area contributed by atoms with E-state index in [-0.39, 0.29) is 5.78 Å². The number of carbonyl (C=O) groups excluding carboxylic acids is 1. The molecule has 0 saturated carbocycles. The van der Waals surface area contributed by atoms with E-state index in [1.165, 1.54) is 6.08 Å². The van der Waals surface area contributed by atoms with Gasteiger partial charge in [-0.05, 0) is 36.8 Å². The number of hydrogen-bond donors (Lipinski definition) is 0. The number of pyridine rings is 1. The van der Waals surface area contributed by atoms with Gasteiger partial charge in [0.25, 0.3) is 0 Å². The van der Waals surface area contributed by atoms with E-state index in [2.05, 4.69) is 4.98 Å². The van der Waals surface area contributed by atoms with Gasteiger partial charge in [-0.2, -0.15) is 0 Å². The van der Waals surface area contributed by atoms with Crippen molar-refractivity contribution in [2.75, 3.05) is 0 Å². The molecule has 1 aromatic heterocycles. The summed E-state index contributed by atoms with van der Waals surface area (Å²) < 4.78 is 0. The number of nitrogens with zero attached hydrogens (tertiary/aromatic N) is 1. The van der Waals surface area contributed by atoms with Crippen molar-refractivity contribution in [3.05, 3.63) is 82.5 Å². The Morgan fingerprint density at radius 3 is 2.64 bits per heavy atom. The maximum absolute atomic E-state index is 12.1. The molecule has 108 valence electrons. The van der Waals surface area contributed by atoms with Crippen LogP contribution in [0.5, 0.6) is 0 Å². The molecule has 3 aromatic rings. The van der Waals surface area contributed by atoms with E-state index in [0.717, 1.165) is 22.0 Å². The van der Waals surface area contributed by atoms with Gasteiger partial charge in [0.2, 0.25) is 0 Å². The first-order valence-corrected chi connectivity index (χ1v) is 7.36. The summed E-state index contributed by atoms with van der Waals surface area (Å²) in [5.41, 5.74) is 3.39. The van der Waals surface area contributed by atoms with Gasteiger partial charge in [-0.15, -0.1) is 0 Å². The van der Waals surface area contributed by atoms with Crippen LogP contribution in [-0.2, 0) is 0 Å². The molecule has 0 aliphatic heterocycles. The van der Waals surface area contributed by atoms with Gasteiger partial charge in [-0.25, -0.2) is 4.98 Å². The molecular weight excluding hydrogens is 294 g/mol. The van der Waals surface area contributed by atoms with Crippen molar-refractivity contribution in [3.63, 3.8) is 0 Å². The zero-order valence-corrected chi connectivity index (χ0v) is 12.8. The summed E-state index contributed by atoms with van der Waals surface area (Å²) in [7, 11) is 0. The molecule has 0 N–H and O–H groups in total. The maximum atomic E-state index is 12.1. The predicted molar refractivity (Wildman–Crippen MR) is 91.3 cm³/mol. The summed E-state index contributed by atoms with van der Waals surface area (Å²) in [6.07, 6.45) is 3.24. The normalized spacial score (nSPS) is 11.2. The van der Waals surface area contributed by atoms with E-state index >= 15 is 0 Å². The lowest BCUT2D eigenvalue weighted by Gasteiger charge is -2.03. The van der Waals surface area contributed by atoms with Gasteiger partial charge in [-0.3, -0.25) is 4.79 Å². The Hall–Kier alpha value is -2.45. The van der Waals surface area contributed by atoms with Gasteiger partial charge in [0.05, 0.1) is 5.52 Å². The second-order valence-electron chi connectivity index (χ2n) is 5.13. The van der Waals surface area contributed by atoms with Crippen LogP contribution in [0.3, 0.4) is 0 Å². The topological polar surface area (TPSA) is 30.0 Å². The third-order valence-corrected chi connectivity index (χ3v) is 3.73. The standard InChI is InChI=1S/C19H14ClNO/c1-13-7-8-15-12-16(19(20)21-17(15)11-13)9-10-18(22)14-5-3-2-4-6-14/h2-12H,1H3. The first-order chi connectivity index (χ1) is 10.6. The van der Waals surface area contributed by atoms with Gasteiger partial charge >= 0.3 is 0 Å². The first kappa shape index (κ1) is 14.5. The van der Waals surface area contributed by atoms with Crippen LogP contribution < -0.4 is 0 Å². The van der Waals surface area contributed by atoms with Crippen LogP contribution in [0.4, 0.5) is 0 Å². The summed E-state index contributed by atoms with van der Waals surface area (Å²) in [5, 5.41) is 1.40. The number of halogens is 1. The average molecular weight is 308 g/mol. The SMILES string of the molecule is Cc1ccc2cc(C=CC(=O)c3ccccc3)c(Cl)nc2c1. The molecular formula is C19H14ClNO. The van der Waals surface area contributed by atoms with Gasteiger partial charge in [0.1, 0.15) is 5.15 Å². The highest BCUT2D eigenvalue weighted by Crippen LogP contribution is 2.22. The van der Waals surface area contributed by atoms with Crippen LogP contribution in [0.15, 0.2) is 60.7 Å². The lowest BCUT2D eigenvalue weighted by molar-refractivity contribution is 0.104. The molecule has 0 bridgehead atoms. The van der Waals surface area contributed by atoms with Crippen molar-refractivity contribution in [3.8, 4) is 0 Å². The molecule has 3 heteroatoms. The van der Waals surface area contributed by atoms with Crippen LogP contribution in [0.2, 0.25) is 5.15 Å². The lowest BCUT2D eigenvalue weighted by atomic mass is 10.1. The van der Waals surface area contributed by atoms with E-state index in [4.69, 9.17) is 11.6 Å². The highest BCUT2D eigenvalue weighted by atomic mass is 35.5. The molecule has 0 spiro atoms. The fraction of sp³-hybridized carbons (Fsp3) is 0.0526. The van der Waals surface area contributed by atoms with Crippen molar-refractivity contribution in [2.45, 2.75) is 6.92 Å². The third-order valence-electron chi connectivity index (χ3n) is 3.43. The van der Waals surface area contributed by atoms with E-state index < -0.39 is 0 Å². The Kier molecular flexibility index (Phi) is 4.03. The highest BCUT2D eigenvalue weighted by Gasteiger charge is 2.04. The van der Waals surface area contributed by atoms with Crippen molar-refractivity contribution in [1.29, 1.82) is 0 Å². The molecule has 0 aliphatic rings. The lowest BCUT2D eigenvalue weighted by Crippen LogP contribution is -1.93. The molecule has 22 heavy (non-hydrogen) atoms. The quantitative estimate of drug-likeness (QED) is 0.383. The molecule has 0 unspecified atom stereocenters. The molecule has 2 aromatic carbocycles. The number of hydrogen-bond acceptors (Lipinski definition) is 2. The second kappa shape index (κ2) is 6.12. The van der Waals surface area contributed by atoms with E-state index in [0.29, 0.717) is 10.7 Å². The van der Waals surface area contributed by atoms with E-state index in [1.54, 1.807) is 18.2 Å². The number of carbonyl (C=O) groups is 1. The Balaban J connectivity index is 1.93. The fourth-order valence-electron chi connectivity index (χ4n) is 2.25. The number of aromatic nitrogens is 1. The Morgan fingerprint density at radius 1 is 1.09 bits per heavy atom. The second-order valence-corrected chi connectivity index (χ2v) is 5.49. The molecule has 0 amide bonds. The zero-order valence-electron chi connectivity index (χ0n) is 12.1. The summed E-state index contributed by atoms with van der Waals surface area (Å²) in [6.45, 7) is 2.02. The predicted octanol–water partition coefficient (Wildman–Crippen LogP) is 5.09. The van der Waals surface area contributed by atoms with Crippen molar-refractivity contribution < 1.29 is 4.79 Å². The van der Waals surface area contributed by atoms with E-state index in [9.17, 15) is 4.79 Å². The Labute approximate surface area is 134 Å². The van der Waals surface area contributed by atoms with Crippen molar-refractivity contribution in [1.82, 2.24) is 4.98 Å². The van der Waals surface area contributed by atoms with Gasteiger partial charge < -0.3 is 0 Å². The summed E-state index contributed by atoms with van der Waals surface area (Å²) in [4.78, 5) is 16.5. The number of benzene rings is 2. The smallest absolute Gasteiger partial charge is 0.185 e. The van der Waals surface area contributed by atoms with Crippen molar-refractivity contribution >= 4 is 34.4 Å². The minimum absolute atomic E-state index is 0.0549. The Morgan fingerprint density at radius 2 is 1.86 bits per heavy atom. The molecule has 3 rings (SSSR count). The summed E-state index contributed by atoms with van der Waals surface area (Å²) in [6, 6.07) is 17.1. The van der Waals surface area contributed by atoms with Crippen molar-refractivity contribution in [2.24, 2.45) is 0 Å². The molecule has 0 radical (unpaired) electrons. The largest absolute Gasteiger partial charge is 0.289 e. The van der Waals surface area contributed by atoms with Crippen LogP contribution in [0, 0.1) is 6.92 Å². The third kappa shape index (κ3) is 3.07. The Bertz CT molecular complexity index is 869. The average Bonchev–Trinajstić information content (AvgIpc) is 2.53. The molecule has 0 saturated heterocycles. The highest BCUT2D eigenvalue weighted by molar-refractivity contribution is 6.31. The summed E-state index contributed by atoms with van der Waals surface area (Å²) in [5.74, 6) is -0.0549. The number of rotatable bonds is 3. The molecule has 1 heterocycles. The minimum atomic E-state index is -0.0549. The van der Waals surface area contributed by atoms with Gasteiger partial charge in [0.15, 0.2) is 5.78 Å².